The molecule has 0 spiro atoms. The van der Waals surface area contributed by atoms with Crippen LogP contribution >= 0.6 is 0 Å². The maximum Gasteiger partial charge on any atom is 0.242 e. The first kappa shape index (κ1) is 15.2. The first-order chi connectivity index (χ1) is 9.41. The molecule has 7 heteroatoms. The second-order valence-corrected chi connectivity index (χ2v) is 7.10. The molecule has 0 unspecified atom stereocenters. The largest absolute Gasteiger partial charge is 0.396 e. The van der Waals surface area contributed by atoms with E-state index >= 15 is 0 Å². The van der Waals surface area contributed by atoms with Crippen LogP contribution in [0, 0.1) is 5.82 Å². The average Bonchev–Trinajstić information content (AvgIpc) is 2.92. The molecule has 1 aromatic rings. The number of halogens is 1. The number of hydrogen-bond donors (Lipinski definition) is 1. The number of nitrogens with zero attached hydrogens (tertiary/aromatic N) is 2. The van der Waals surface area contributed by atoms with Crippen LogP contribution in [0.15, 0.2) is 23.1 Å². The summed E-state index contributed by atoms with van der Waals surface area (Å²) in [5.41, 5.74) is 5.31. The van der Waals surface area contributed by atoms with Crippen LogP contribution in [0.2, 0.25) is 0 Å². The number of nitrogen functional groups attached to an aromatic ring is 1. The number of benzene rings is 1. The fraction of sp³-hybridized carbons (Fsp3) is 0.538. The molecule has 0 amide bonds. The van der Waals surface area contributed by atoms with Crippen molar-refractivity contribution >= 4 is 15.7 Å². The number of anilines is 1. The van der Waals surface area contributed by atoms with Crippen molar-refractivity contribution in [3.63, 3.8) is 0 Å². The summed E-state index contributed by atoms with van der Waals surface area (Å²) in [5.74, 6) is -0.709. The van der Waals surface area contributed by atoms with E-state index in [4.69, 9.17) is 5.73 Å². The predicted molar refractivity (Wildman–Crippen MR) is 76.3 cm³/mol. The van der Waals surface area contributed by atoms with E-state index < -0.39 is 15.8 Å². The van der Waals surface area contributed by atoms with Gasteiger partial charge in [0.05, 0.1) is 10.6 Å². The van der Waals surface area contributed by atoms with Gasteiger partial charge >= 0.3 is 0 Å². The molecular weight excluding hydrogens is 281 g/mol. The summed E-state index contributed by atoms with van der Waals surface area (Å²) in [7, 11) is -2.15. The molecule has 0 saturated carbocycles. The minimum absolute atomic E-state index is 0.0522. The first-order valence-electron chi connectivity index (χ1n) is 6.65. The molecule has 112 valence electrons. The molecule has 0 aliphatic carbocycles. The van der Waals surface area contributed by atoms with Gasteiger partial charge in [-0.15, -0.1) is 0 Å². The summed E-state index contributed by atoms with van der Waals surface area (Å²) < 4.78 is 39.2. The second kappa shape index (κ2) is 6.07. The lowest BCUT2D eigenvalue weighted by Crippen LogP contribution is -2.35. The van der Waals surface area contributed by atoms with Crippen LogP contribution in [-0.4, -0.2) is 50.8 Å². The maximum absolute atomic E-state index is 13.4. The fourth-order valence-corrected chi connectivity index (χ4v) is 3.43. The van der Waals surface area contributed by atoms with Gasteiger partial charge in [-0.3, -0.25) is 0 Å². The molecule has 20 heavy (non-hydrogen) atoms. The summed E-state index contributed by atoms with van der Waals surface area (Å²) in [4.78, 5) is 2.17. The third kappa shape index (κ3) is 3.28. The van der Waals surface area contributed by atoms with E-state index in [1.807, 2.05) is 0 Å². The predicted octanol–water partition coefficient (Wildman–Crippen LogP) is 1.12. The monoisotopic (exact) mass is 301 g/mol. The van der Waals surface area contributed by atoms with Crippen molar-refractivity contribution in [3.05, 3.63) is 24.0 Å². The van der Waals surface area contributed by atoms with E-state index in [-0.39, 0.29) is 10.6 Å². The van der Waals surface area contributed by atoms with Gasteiger partial charge in [0.25, 0.3) is 0 Å². The summed E-state index contributed by atoms with van der Waals surface area (Å²) in [6, 6.07) is 3.58. The SMILES string of the molecule is CN(CCN1CCCC1)S(=O)(=O)c1ccc(N)c(F)c1. The van der Waals surface area contributed by atoms with E-state index in [1.165, 1.54) is 36.3 Å². The minimum Gasteiger partial charge on any atom is -0.396 e. The van der Waals surface area contributed by atoms with Gasteiger partial charge in [-0.1, -0.05) is 0 Å². The lowest BCUT2D eigenvalue weighted by molar-refractivity contribution is 0.310. The van der Waals surface area contributed by atoms with Gasteiger partial charge in [0.15, 0.2) is 0 Å². The number of sulfonamides is 1. The molecule has 0 atom stereocenters. The highest BCUT2D eigenvalue weighted by atomic mass is 32.2. The van der Waals surface area contributed by atoms with Gasteiger partial charge in [-0.05, 0) is 44.1 Å². The summed E-state index contributed by atoms with van der Waals surface area (Å²) >= 11 is 0. The lowest BCUT2D eigenvalue weighted by Gasteiger charge is -2.21. The highest BCUT2D eigenvalue weighted by Gasteiger charge is 2.22. The van der Waals surface area contributed by atoms with Crippen molar-refractivity contribution in [2.75, 3.05) is 39.0 Å². The smallest absolute Gasteiger partial charge is 0.242 e. The van der Waals surface area contributed by atoms with Crippen molar-refractivity contribution in [2.45, 2.75) is 17.7 Å². The van der Waals surface area contributed by atoms with E-state index in [0.29, 0.717) is 13.1 Å². The first-order valence-corrected chi connectivity index (χ1v) is 8.09. The van der Waals surface area contributed by atoms with E-state index in [2.05, 4.69) is 4.90 Å². The van der Waals surface area contributed by atoms with Crippen molar-refractivity contribution in [2.24, 2.45) is 0 Å². The Kier molecular flexibility index (Phi) is 4.62. The Morgan fingerprint density at radius 2 is 2.00 bits per heavy atom. The summed E-state index contributed by atoms with van der Waals surface area (Å²) in [6.45, 7) is 3.14. The van der Waals surface area contributed by atoms with Crippen LogP contribution in [0.3, 0.4) is 0 Å². The van der Waals surface area contributed by atoms with Crippen LogP contribution in [0.1, 0.15) is 12.8 Å². The zero-order valence-electron chi connectivity index (χ0n) is 11.5. The number of hydrogen-bond acceptors (Lipinski definition) is 4. The third-order valence-electron chi connectivity index (χ3n) is 3.61. The van der Waals surface area contributed by atoms with Crippen molar-refractivity contribution in [1.82, 2.24) is 9.21 Å². The molecule has 2 N–H and O–H groups in total. The Balaban J connectivity index is 2.06. The van der Waals surface area contributed by atoms with Crippen LogP contribution in [0.5, 0.6) is 0 Å². The minimum atomic E-state index is -3.66. The Bertz CT molecular complexity index is 571. The molecule has 1 saturated heterocycles. The Labute approximate surface area is 119 Å². The fourth-order valence-electron chi connectivity index (χ4n) is 2.26. The molecule has 2 rings (SSSR count). The summed E-state index contributed by atoms with van der Waals surface area (Å²) in [5, 5.41) is 0. The van der Waals surface area contributed by atoms with Gasteiger partial charge in [0, 0.05) is 20.1 Å². The van der Waals surface area contributed by atoms with Crippen LogP contribution in [-0.2, 0) is 10.0 Å². The standard InChI is InChI=1S/C13H20FN3O2S/c1-16(8-9-17-6-2-3-7-17)20(18,19)11-4-5-13(15)12(14)10-11/h4-5,10H,2-3,6-9,15H2,1H3. The molecule has 0 radical (unpaired) electrons. The molecule has 0 aromatic heterocycles. The van der Waals surface area contributed by atoms with Crippen LogP contribution in [0.25, 0.3) is 0 Å². The molecule has 1 aliphatic heterocycles. The molecule has 1 aromatic carbocycles. The molecule has 0 bridgehead atoms. The number of nitrogens with two attached hydrogens (primary N) is 1. The normalized spacial score (nSPS) is 16.9. The third-order valence-corrected chi connectivity index (χ3v) is 5.46. The number of likely N-dealkylation sites (N-methyl/N-ethyl adjacent to an activating group) is 1. The number of likely N-dealkylation sites (tertiary alicyclic amines) is 1. The van der Waals surface area contributed by atoms with Gasteiger partial charge in [-0.2, -0.15) is 4.31 Å². The Morgan fingerprint density at radius 1 is 1.35 bits per heavy atom. The van der Waals surface area contributed by atoms with E-state index in [1.54, 1.807) is 0 Å². The Hall–Kier alpha value is -1.18. The molecule has 1 aliphatic rings. The van der Waals surface area contributed by atoms with E-state index in [0.717, 1.165) is 19.2 Å². The summed E-state index contributed by atoms with van der Waals surface area (Å²) in [6.07, 6.45) is 2.33. The topological polar surface area (TPSA) is 66.6 Å². The van der Waals surface area contributed by atoms with Gasteiger partial charge < -0.3 is 10.6 Å². The van der Waals surface area contributed by atoms with Gasteiger partial charge in [-0.25, -0.2) is 12.8 Å². The average molecular weight is 301 g/mol. The van der Waals surface area contributed by atoms with Crippen molar-refractivity contribution in [3.8, 4) is 0 Å². The number of rotatable bonds is 5. The Morgan fingerprint density at radius 3 is 2.60 bits per heavy atom. The second-order valence-electron chi connectivity index (χ2n) is 5.06. The van der Waals surface area contributed by atoms with Crippen LogP contribution < -0.4 is 5.73 Å². The zero-order chi connectivity index (χ0) is 14.8. The molecule has 5 nitrogen and oxygen atoms in total. The highest BCUT2D eigenvalue weighted by Crippen LogP contribution is 2.19. The van der Waals surface area contributed by atoms with Gasteiger partial charge in [0.1, 0.15) is 5.82 Å². The quantitative estimate of drug-likeness (QED) is 0.828. The van der Waals surface area contributed by atoms with Gasteiger partial charge in [0.2, 0.25) is 10.0 Å². The lowest BCUT2D eigenvalue weighted by atomic mass is 10.3. The zero-order valence-corrected chi connectivity index (χ0v) is 12.4. The molecule has 1 fully saturated rings. The maximum atomic E-state index is 13.4. The molecule has 1 heterocycles. The van der Waals surface area contributed by atoms with Crippen LogP contribution in [0.4, 0.5) is 10.1 Å². The van der Waals surface area contributed by atoms with E-state index in [9.17, 15) is 12.8 Å². The molecular formula is C13H20FN3O2S. The van der Waals surface area contributed by atoms with Crippen molar-refractivity contribution in [1.29, 1.82) is 0 Å². The van der Waals surface area contributed by atoms with Crippen molar-refractivity contribution < 1.29 is 12.8 Å². The highest BCUT2D eigenvalue weighted by molar-refractivity contribution is 7.89.